The van der Waals surface area contributed by atoms with Crippen molar-refractivity contribution in [2.24, 2.45) is 5.73 Å². The molecule has 1 aliphatic rings. The van der Waals surface area contributed by atoms with Gasteiger partial charge in [0.25, 0.3) is 0 Å². The maximum atomic E-state index is 14.0. The average Bonchev–Trinajstić information content (AvgIpc) is 3.22. The van der Waals surface area contributed by atoms with Crippen LogP contribution in [0, 0.1) is 12.7 Å². The van der Waals surface area contributed by atoms with Crippen molar-refractivity contribution in [2.75, 3.05) is 6.54 Å². The molecule has 122 valence electrons. The smallest absolute Gasteiger partial charge is 0.142 e. The fraction of sp³-hybridized carbons (Fsp3) is 0.235. The summed E-state index contributed by atoms with van der Waals surface area (Å²) >= 11 is 0. The number of halogens is 1. The number of hydrogen-bond donors (Lipinski definition) is 1. The highest BCUT2D eigenvalue weighted by Gasteiger charge is 2.26. The molecule has 1 aromatic carbocycles. The van der Waals surface area contributed by atoms with E-state index in [9.17, 15) is 4.39 Å². The molecule has 3 heterocycles. The fourth-order valence-corrected chi connectivity index (χ4v) is 3.04. The van der Waals surface area contributed by atoms with E-state index in [2.05, 4.69) is 15.2 Å². The molecule has 2 aromatic heterocycles. The molecule has 1 atom stereocenters. The van der Waals surface area contributed by atoms with Crippen molar-refractivity contribution in [2.45, 2.75) is 19.4 Å². The zero-order valence-electron chi connectivity index (χ0n) is 13.1. The summed E-state index contributed by atoms with van der Waals surface area (Å²) in [6.45, 7) is 2.34. The minimum absolute atomic E-state index is 0.106. The molecule has 0 saturated heterocycles. The van der Waals surface area contributed by atoms with Gasteiger partial charge in [-0.05, 0) is 30.7 Å². The number of fused-ring (bicyclic) bond motifs is 1. The van der Waals surface area contributed by atoms with Crippen LogP contribution in [0.1, 0.15) is 11.1 Å². The molecule has 2 N–H and O–H groups in total. The summed E-state index contributed by atoms with van der Waals surface area (Å²) in [6.07, 6.45) is 5.40. The van der Waals surface area contributed by atoms with Crippen LogP contribution in [0.4, 0.5) is 4.39 Å². The van der Waals surface area contributed by atoms with Crippen LogP contribution in [0.2, 0.25) is 0 Å². The first kappa shape index (κ1) is 14.8. The first-order valence-corrected chi connectivity index (χ1v) is 7.67. The van der Waals surface area contributed by atoms with E-state index in [0.717, 1.165) is 22.5 Å². The normalized spacial score (nSPS) is 16.0. The van der Waals surface area contributed by atoms with Gasteiger partial charge in [0.05, 0.1) is 0 Å². The number of aromatic nitrogens is 4. The quantitative estimate of drug-likeness (QED) is 0.797. The number of benzene rings is 1. The van der Waals surface area contributed by atoms with Crippen molar-refractivity contribution in [3.05, 3.63) is 54.0 Å². The Kier molecular flexibility index (Phi) is 3.50. The lowest BCUT2D eigenvalue weighted by Crippen LogP contribution is -2.24. The number of hydrogen-bond acceptors (Lipinski definition) is 5. The van der Waals surface area contributed by atoms with E-state index >= 15 is 0 Å². The summed E-state index contributed by atoms with van der Waals surface area (Å²) in [4.78, 5) is 4.47. The molecule has 0 spiro atoms. The maximum absolute atomic E-state index is 14.0. The van der Waals surface area contributed by atoms with Crippen LogP contribution in [0.5, 0.6) is 5.75 Å². The molecule has 0 bridgehead atoms. The monoisotopic (exact) mass is 325 g/mol. The van der Waals surface area contributed by atoms with Gasteiger partial charge in [-0.25, -0.2) is 9.37 Å². The average molecular weight is 325 g/mol. The Bertz CT molecular complexity index is 894. The van der Waals surface area contributed by atoms with Gasteiger partial charge < -0.3 is 10.5 Å². The lowest BCUT2D eigenvalue weighted by Gasteiger charge is -2.12. The summed E-state index contributed by atoms with van der Waals surface area (Å²) < 4.78 is 21.6. The van der Waals surface area contributed by atoms with Gasteiger partial charge in [0, 0.05) is 35.9 Å². The van der Waals surface area contributed by atoms with Crippen molar-refractivity contribution < 1.29 is 9.13 Å². The lowest BCUT2D eigenvalue weighted by molar-refractivity contribution is 0.242. The van der Waals surface area contributed by atoms with Gasteiger partial charge in [0.1, 0.15) is 36.1 Å². The number of ether oxygens (including phenoxy) is 1. The Morgan fingerprint density at radius 3 is 2.79 bits per heavy atom. The van der Waals surface area contributed by atoms with Crippen LogP contribution in [0.15, 0.2) is 37.1 Å². The SMILES string of the molecule is Cc1cc(-c2cc(F)cc3c2OC(CN)C3)cnc1-n1cnnc1. The second-order valence-electron chi connectivity index (χ2n) is 5.85. The van der Waals surface area contributed by atoms with E-state index in [1.807, 2.05) is 13.0 Å². The van der Waals surface area contributed by atoms with Gasteiger partial charge in [-0.2, -0.15) is 0 Å². The molecule has 0 saturated carbocycles. The van der Waals surface area contributed by atoms with Crippen molar-refractivity contribution in [3.8, 4) is 22.7 Å². The highest BCUT2D eigenvalue weighted by atomic mass is 19.1. The van der Waals surface area contributed by atoms with E-state index < -0.39 is 0 Å². The molecule has 1 unspecified atom stereocenters. The Balaban J connectivity index is 1.79. The van der Waals surface area contributed by atoms with Crippen molar-refractivity contribution in [1.82, 2.24) is 19.7 Å². The molecule has 0 fully saturated rings. The standard InChI is InChI=1S/C17H16FN5O/c1-10-2-12(7-20-17(10)23-8-21-22-9-23)15-5-13(18)3-11-4-14(6-19)24-16(11)15/h2-3,5,7-9,14H,4,6,19H2,1H3. The van der Waals surface area contributed by atoms with Crippen LogP contribution in [-0.4, -0.2) is 32.4 Å². The van der Waals surface area contributed by atoms with Crippen molar-refractivity contribution in [1.29, 1.82) is 0 Å². The van der Waals surface area contributed by atoms with Gasteiger partial charge in [0.15, 0.2) is 0 Å². The summed E-state index contributed by atoms with van der Waals surface area (Å²) in [5.41, 5.74) is 8.97. The molecule has 0 aliphatic carbocycles. The molecule has 0 amide bonds. The molecule has 7 heteroatoms. The molecule has 24 heavy (non-hydrogen) atoms. The molecule has 1 aliphatic heterocycles. The van der Waals surface area contributed by atoms with Crippen LogP contribution >= 0.6 is 0 Å². The Hall–Kier alpha value is -2.80. The van der Waals surface area contributed by atoms with Crippen LogP contribution in [0.25, 0.3) is 16.9 Å². The Morgan fingerprint density at radius 1 is 1.29 bits per heavy atom. The Morgan fingerprint density at radius 2 is 2.08 bits per heavy atom. The van der Waals surface area contributed by atoms with Crippen LogP contribution in [-0.2, 0) is 6.42 Å². The third kappa shape index (κ3) is 2.43. The second kappa shape index (κ2) is 5.68. The molecule has 6 nitrogen and oxygen atoms in total. The Labute approximate surface area is 138 Å². The number of rotatable bonds is 3. The van der Waals surface area contributed by atoms with E-state index in [0.29, 0.717) is 24.3 Å². The molecule has 0 radical (unpaired) electrons. The van der Waals surface area contributed by atoms with Gasteiger partial charge in [-0.15, -0.1) is 10.2 Å². The van der Waals surface area contributed by atoms with Crippen LogP contribution < -0.4 is 10.5 Å². The number of nitrogens with zero attached hydrogens (tertiary/aromatic N) is 4. The predicted octanol–water partition coefficient (Wildman–Crippen LogP) is 2.04. The first-order valence-electron chi connectivity index (χ1n) is 7.67. The molecular weight excluding hydrogens is 309 g/mol. The highest BCUT2D eigenvalue weighted by molar-refractivity contribution is 5.73. The zero-order chi connectivity index (χ0) is 16.7. The lowest BCUT2D eigenvalue weighted by atomic mass is 10.0. The first-order chi connectivity index (χ1) is 11.7. The van der Waals surface area contributed by atoms with Gasteiger partial charge >= 0.3 is 0 Å². The van der Waals surface area contributed by atoms with Crippen molar-refractivity contribution in [3.63, 3.8) is 0 Å². The molecule has 3 aromatic rings. The topological polar surface area (TPSA) is 78.9 Å². The predicted molar refractivity (Wildman–Crippen MR) is 86.5 cm³/mol. The van der Waals surface area contributed by atoms with E-state index in [-0.39, 0.29) is 11.9 Å². The number of pyridine rings is 1. The van der Waals surface area contributed by atoms with E-state index in [4.69, 9.17) is 10.5 Å². The third-order valence-electron chi connectivity index (χ3n) is 4.15. The molecule has 4 rings (SSSR count). The minimum Gasteiger partial charge on any atom is -0.488 e. The third-order valence-corrected chi connectivity index (χ3v) is 4.15. The van der Waals surface area contributed by atoms with Crippen LogP contribution in [0.3, 0.4) is 0 Å². The highest BCUT2D eigenvalue weighted by Crippen LogP contribution is 2.39. The summed E-state index contributed by atoms with van der Waals surface area (Å²) in [5, 5.41) is 7.58. The van der Waals surface area contributed by atoms with Gasteiger partial charge in [-0.3, -0.25) is 4.57 Å². The van der Waals surface area contributed by atoms with E-state index in [1.165, 1.54) is 12.1 Å². The second-order valence-corrected chi connectivity index (χ2v) is 5.85. The summed E-state index contributed by atoms with van der Waals surface area (Å²) in [5.74, 6) is 1.15. The van der Waals surface area contributed by atoms with Crippen molar-refractivity contribution >= 4 is 0 Å². The number of nitrogens with two attached hydrogens (primary N) is 1. The van der Waals surface area contributed by atoms with Gasteiger partial charge in [-0.1, -0.05) is 0 Å². The summed E-state index contributed by atoms with van der Waals surface area (Å²) in [6, 6.07) is 4.95. The molecular formula is C17H16FN5O. The van der Waals surface area contributed by atoms with E-state index in [1.54, 1.807) is 23.4 Å². The fourth-order valence-electron chi connectivity index (χ4n) is 3.04. The van der Waals surface area contributed by atoms with Gasteiger partial charge in [0.2, 0.25) is 0 Å². The largest absolute Gasteiger partial charge is 0.488 e. The maximum Gasteiger partial charge on any atom is 0.142 e. The minimum atomic E-state index is -0.287. The number of aryl methyl sites for hydroxylation is 1. The zero-order valence-corrected chi connectivity index (χ0v) is 13.1. The summed E-state index contributed by atoms with van der Waals surface area (Å²) in [7, 11) is 0.